The van der Waals surface area contributed by atoms with Crippen molar-refractivity contribution in [1.29, 1.82) is 0 Å². The van der Waals surface area contributed by atoms with Crippen LogP contribution in [-0.2, 0) is 6.42 Å². The molecule has 0 heterocycles. The van der Waals surface area contributed by atoms with Crippen molar-refractivity contribution in [3.8, 4) is 0 Å². The van der Waals surface area contributed by atoms with Gasteiger partial charge in [-0.05, 0) is 50.6 Å². The quantitative estimate of drug-likeness (QED) is 0.535. The van der Waals surface area contributed by atoms with Crippen molar-refractivity contribution in [2.45, 2.75) is 100 Å². The number of benzene rings is 1. The van der Waals surface area contributed by atoms with E-state index >= 15 is 0 Å². The molecule has 1 saturated carbocycles. The molecule has 1 aromatic carbocycles. The number of aryl methyl sites for hydroxylation is 1. The molecule has 1 aromatic rings. The monoisotopic (exact) mass is 403 g/mol. The minimum Gasteiger partial charge on any atom is -0.333 e. The van der Waals surface area contributed by atoms with E-state index in [9.17, 15) is 0 Å². The van der Waals surface area contributed by atoms with Crippen molar-refractivity contribution in [2.24, 2.45) is 17.6 Å². The Labute approximate surface area is 184 Å². The van der Waals surface area contributed by atoms with E-state index in [-0.39, 0.29) is 0 Å². The molecule has 2 aliphatic carbocycles. The lowest BCUT2D eigenvalue weighted by Gasteiger charge is -2.32. The molecule has 170 valence electrons. The van der Waals surface area contributed by atoms with Crippen LogP contribution in [0.3, 0.4) is 0 Å². The lowest BCUT2D eigenvalue weighted by atomic mass is 9.74. The first-order valence-electron chi connectivity index (χ1n) is 12.0. The molecule has 0 saturated heterocycles. The summed E-state index contributed by atoms with van der Waals surface area (Å²) in [6.45, 7) is 17.2. The molecule has 0 aromatic heterocycles. The molecule has 2 atom stereocenters. The number of allylic oxidation sites excluding steroid dienone is 4. The first-order chi connectivity index (χ1) is 14.1. The van der Waals surface area contributed by atoms with Crippen LogP contribution in [0, 0.1) is 11.8 Å². The molecular weight excluding hydrogens is 350 g/mol. The van der Waals surface area contributed by atoms with Crippen LogP contribution in [0.4, 0.5) is 0 Å². The molecule has 0 radical (unpaired) electrons. The highest BCUT2D eigenvalue weighted by molar-refractivity contribution is 5.20. The van der Waals surface area contributed by atoms with Crippen molar-refractivity contribution >= 4 is 0 Å². The van der Waals surface area contributed by atoms with Crippen molar-refractivity contribution in [1.82, 2.24) is 0 Å². The molecule has 0 aliphatic heterocycles. The molecule has 2 N–H and O–H groups in total. The van der Waals surface area contributed by atoms with Gasteiger partial charge in [-0.25, -0.2) is 0 Å². The summed E-state index contributed by atoms with van der Waals surface area (Å²) in [5, 5.41) is 0. The number of nitrogens with two attached hydrogens (primary N) is 1. The van der Waals surface area contributed by atoms with Crippen LogP contribution < -0.4 is 5.73 Å². The van der Waals surface area contributed by atoms with Crippen molar-refractivity contribution < 1.29 is 0 Å². The van der Waals surface area contributed by atoms with Crippen LogP contribution in [0.5, 0.6) is 0 Å². The summed E-state index contributed by atoms with van der Waals surface area (Å²) < 4.78 is 0. The fourth-order valence-corrected chi connectivity index (χ4v) is 2.83. The predicted octanol–water partition coefficient (Wildman–Crippen LogP) is 8.99. The minimum atomic E-state index is 1.05. The summed E-state index contributed by atoms with van der Waals surface area (Å²) in [6, 6.07) is 10.6. The Hall–Kier alpha value is -1.34. The van der Waals surface area contributed by atoms with Crippen LogP contribution in [0.2, 0.25) is 0 Å². The fraction of sp³-hybridized carbons (Fsp3) is 0.643. The van der Waals surface area contributed by atoms with E-state index in [1.165, 1.54) is 63.1 Å². The third kappa shape index (κ3) is 21.2. The van der Waals surface area contributed by atoms with Gasteiger partial charge in [0, 0.05) is 0 Å². The third-order valence-electron chi connectivity index (χ3n) is 4.66. The Morgan fingerprint density at radius 2 is 1.48 bits per heavy atom. The van der Waals surface area contributed by atoms with Crippen LogP contribution >= 0.6 is 0 Å². The van der Waals surface area contributed by atoms with Gasteiger partial charge in [0.2, 0.25) is 0 Å². The first kappa shape index (κ1) is 32.3. The maximum absolute atomic E-state index is 4.50. The lowest BCUT2D eigenvalue weighted by molar-refractivity contribution is 0.190. The van der Waals surface area contributed by atoms with Gasteiger partial charge in [0.1, 0.15) is 0 Å². The van der Waals surface area contributed by atoms with Gasteiger partial charge in [-0.2, -0.15) is 0 Å². The minimum absolute atomic E-state index is 1.05. The summed E-state index contributed by atoms with van der Waals surface area (Å²) in [6.07, 6.45) is 15.6. The average molecular weight is 404 g/mol. The maximum atomic E-state index is 4.50. The van der Waals surface area contributed by atoms with Crippen molar-refractivity contribution in [3.63, 3.8) is 0 Å². The van der Waals surface area contributed by atoms with Gasteiger partial charge in [0.05, 0.1) is 0 Å². The van der Waals surface area contributed by atoms with E-state index in [1.807, 2.05) is 13.8 Å². The summed E-state index contributed by atoms with van der Waals surface area (Å²) in [5.41, 5.74) is 7.41. The molecule has 1 nitrogen and oxygen atoms in total. The molecule has 0 amide bonds. The van der Waals surface area contributed by atoms with Gasteiger partial charge in [-0.1, -0.05) is 128 Å². The molecule has 1 heteroatoms. The van der Waals surface area contributed by atoms with E-state index in [4.69, 9.17) is 0 Å². The molecule has 29 heavy (non-hydrogen) atoms. The zero-order chi connectivity index (χ0) is 22.9. The van der Waals surface area contributed by atoms with Gasteiger partial charge in [-0.3, -0.25) is 0 Å². The highest BCUT2D eigenvalue weighted by atomic mass is 14.4. The van der Waals surface area contributed by atoms with E-state index in [1.54, 1.807) is 0 Å². The van der Waals surface area contributed by atoms with E-state index < -0.39 is 0 Å². The largest absolute Gasteiger partial charge is 0.333 e. The predicted molar refractivity (Wildman–Crippen MR) is 138 cm³/mol. The highest BCUT2D eigenvalue weighted by Crippen LogP contribution is 2.35. The Morgan fingerprint density at radius 1 is 0.931 bits per heavy atom. The molecule has 1 fully saturated rings. The molecule has 0 spiro atoms. The third-order valence-corrected chi connectivity index (χ3v) is 4.66. The van der Waals surface area contributed by atoms with E-state index in [0.717, 1.165) is 11.8 Å². The molecule has 3 rings (SSSR count). The summed E-state index contributed by atoms with van der Waals surface area (Å²) in [4.78, 5) is 0. The van der Waals surface area contributed by atoms with Crippen LogP contribution in [-0.4, -0.2) is 7.05 Å². The zero-order valence-corrected chi connectivity index (χ0v) is 21.3. The first-order valence-corrected chi connectivity index (χ1v) is 12.0. The summed E-state index contributed by atoms with van der Waals surface area (Å²) >= 11 is 0. The van der Waals surface area contributed by atoms with Crippen LogP contribution in [0.1, 0.15) is 99.5 Å². The van der Waals surface area contributed by atoms with Crippen molar-refractivity contribution in [2.75, 3.05) is 7.05 Å². The molecular formula is C28H53N. The second-order valence-electron chi connectivity index (χ2n) is 7.31. The zero-order valence-electron chi connectivity index (χ0n) is 21.3. The van der Waals surface area contributed by atoms with Gasteiger partial charge in [0.15, 0.2) is 0 Å². The van der Waals surface area contributed by atoms with Gasteiger partial charge < -0.3 is 5.73 Å². The van der Waals surface area contributed by atoms with Gasteiger partial charge >= 0.3 is 0 Å². The van der Waals surface area contributed by atoms with Gasteiger partial charge in [0.25, 0.3) is 0 Å². The Kier molecular flexibility index (Phi) is 29.7. The summed E-state index contributed by atoms with van der Waals surface area (Å²) in [5.74, 6) is 2.13. The molecule has 0 bridgehead atoms. The normalized spacial score (nSPS) is 17.5. The van der Waals surface area contributed by atoms with E-state index in [0.29, 0.717) is 0 Å². The van der Waals surface area contributed by atoms with Gasteiger partial charge in [-0.15, -0.1) is 0 Å². The lowest BCUT2D eigenvalue weighted by Crippen LogP contribution is -2.21. The standard InChI is InChI=1S/C9H12.C7H14.C6H8.C3H8.C2H6.CH5N/c1-2-6-9-7-4-3-5-8-9;1-3-7-5-4-6(7)2;1-6-4-2-3-5-6;1-3-2;2*1-2/h3-5,7-8H,2,6H2,1H3;6-7H,3-5H2,1-2H3;2-4H,5H2,1H3;3H2,1-2H3;1-2H3;2H2,1H3. The maximum Gasteiger partial charge on any atom is -0.0135 e. The fourth-order valence-electron chi connectivity index (χ4n) is 2.83. The molecule has 2 unspecified atom stereocenters. The SMILES string of the molecule is CC.CC1=CC=CC1.CCC.CCC1CCC1C.CCCc1ccccc1.CN. The van der Waals surface area contributed by atoms with Crippen LogP contribution in [0.15, 0.2) is 54.1 Å². The Morgan fingerprint density at radius 3 is 1.69 bits per heavy atom. The van der Waals surface area contributed by atoms with Crippen molar-refractivity contribution in [3.05, 3.63) is 59.7 Å². The molecule has 2 aliphatic rings. The topological polar surface area (TPSA) is 26.0 Å². The second kappa shape index (κ2) is 26.7. The second-order valence-corrected chi connectivity index (χ2v) is 7.31. The number of rotatable bonds is 3. The average Bonchev–Trinajstić information content (AvgIpc) is 3.24. The number of hydrogen-bond acceptors (Lipinski definition) is 1. The number of hydrogen-bond donors (Lipinski definition) is 1. The highest BCUT2D eigenvalue weighted by Gasteiger charge is 2.23. The van der Waals surface area contributed by atoms with Crippen LogP contribution in [0.25, 0.3) is 0 Å². The Balaban J connectivity index is -0.000000307. The summed E-state index contributed by atoms with van der Waals surface area (Å²) in [7, 11) is 1.50. The Bertz CT molecular complexity index is 456. The van der Waals surface area contributed by atoms with E-state index in [2.05, 4.69) is 95.8 Å². The smallest absolute Gasteiger partial charge is 0.0135 e.